The van der Waals surface area contributed by atoms with Crippen LogP contribution in [0.1, 0.15) is 19.4 Å². The molecule has 0 aliphatic heterocycles. The first-order chi connectivity index (χ1) is 14.8. The number of sulfone groups is 1. The predicted molar refractivity (Wildman–Crippen MR) is 128 cm³/mol. The molecule has 2 aromatic carbocycles. The van der Waals surface area contributed by atoms with Gasteiger partial charge in [0.25, 0.3) is 5.91 Å². The fourth-order valence-corrected chi connectivity index (χ4v) is 5.53. The van der Waals surface area contributed by atoms with Crippen LogP contribution in [0, 0.1) is 0 Å². The van der Waals surface area contributed by atoms with Crippen molar-refractivity contribution in [1.29, 1.82) is 0 Å². The highest BCUT2D eigenvalue weighted by Gasteiger charge is 2.19. The maximum absolute atomic E-state index is 12.7. The first kappa shape index (κ1) is 23.6. The van der Waals surface area contributed by atoms with Crippen LogP contribution in [0.5, 0.6) is 5.75 Å². The summed E-state index contributed by atoms with van der Waals surface area (Å²) < 4.78 is 33.0. The standard InChI is InChI=1S/C22H26N2O4S3/c1-15(2)31(26,27)18-8-5-16(6-9-18)13-21(25)23-22-24(11-12-29-4)19-14-17(28-3)7-10-20(19)30-22/h5-10,14-15H,11-13H2,1-4H3. The Kier molecular flexibility index (Phi) is 7.61. The van der Waals surface area contributed by atoms with Crippen LogP contribution in [0.3, 0.4) is 0 Å². The second kappa shape index (κ2) is 10.0. The first-order valence-electron chi connectivity index (χ1n) is 9.83. The number of benzene rings is 2. The number of aromatic nitrogens is 1. The van der Waals surface area contributed by atoms with Crippen molar-refractivity contribution in [3.05, 3.63) is 52.8 Å². The molecule has 0 radical (unpaired) electrons. The van der Waals surface area contributed by atoms with Crippen LogP contribution in [-0.2, 0) is 27.6 Å². The molecule has 0 aliphatic rings. The van der Waals surface area contributed by atoms with Gasteiger partial charge in [0.1, 0.15) is 5.75 Å². The zero-order chi connectivity index (χ0) is 22.6. The van der Waals surface area contributed by atoms with Crippen molar-refractivity contribution in [2.75, 3.05) is 19.1 Å². The molecule has 3 rings (SSSR count). The van der Waals surface area contributed by atoms with Crippen LogP contribution in [-0.4, -0.2) is 43.3 Å². The molecule has 0 saturated carbocycles. The Balaban J connectivity index is 1.90. The molecule has 0 spiro atoms. The van der Waals surface area contributed by atoms with Gasteiger partial charge in [0.05, 0.1) is 33.9 Å². The maximum Gasteiger partial charge on any atom is 0.252 e. The van der Waals surface area contributed by atoms with E-state index in [-0.39, 0.29) is 17.2 Å². The number of nitrogens with zero attached hydrogens (tertiary/aromatic N) is 2. The summed E-state index contributed by atoms with van der Waals surface area (Å²) in [5.74, 6) is 1.39. The van der Waals surface area contributed by atoms with Crippen molar-refractivity contribution in [1.82, 2.24) is 4.57 Å². The van der Waals surface area contributed by atoms with E-state index in [0.717, 1.165) is 33.8 Å². The molecule has 0 saturated heterocycles. The second-order valence-corrected chi connectivity index (χ2v) is 11.8. The van der Waals surface area contributed by atoms with Crippen molar-refractivity contribution in [3.63, 3.8) is 0 Å². The quantitative estimate of drug-likeness (QED) is 0.490. The van der Waals surface area contributed by atoms with Crippen LogP contribution in [0.15, 0.2) is 52.4 Å². The molecule has 6 nitrogen and oxygen atoms in total. The molecule has 31 heavy (non-hydrogen) atoms. The summed E-state index contributed by atoms with van der Waals surface area (Å²) in [4.78, 5) is 18.0. The van der Waals surface area contributed by atoms with E-state index in [4.69, 9.17) is 4.74 Å². The number of rotatable bonds is 8. The van der Waals surface area contributed by atoms with E-state index in [9.17, 15) is 13.2 Å². The molecule has 1 heterocycles. The van der Waals surface area contributed by atoms with Gasteiger partial charge in [0.2, 0.25) is 0 Å². The smallest absolute Gasteiger partial charge is 0.252 e. The summed E-state index contributed by atoms with van der Waals surface area (Å²) in [5, 5.41) is -0.488. The molecule has 0 unspecified atom stereocenters. The van der Waals surface area contributed by atoms with Crippen LogP contribution < -0.4 is 9.54 Å². The van der Waals surface area contributed by atoms with Gasteiger partial charge in [0.15, 0.2) is 14.6 Å². The van der Waals surface area contributed by atoms with Gasteiger partial charge in [-0.2, -0.15) is 16.8 Å². The Morgan fingerprint density at radius 3 is 2.52 bits per heavy atom. The highest BCUT2D eigenvalue weighted by Crippen LogP contribution is 2.23. The maximum atomic E-state index is 12.7. The predicted octanol–water partition coefficient (Wildman–Crippen LogP) is 3.93. The van der Waals surface area contributed by atoms with Crippen LogP contribution in [0.2, 0.25) is 0 Å². The van der Waals surface area contributed by atoms with Gasteiger partial charge >= 0.3 is 0 Å². The Morgan fingerprint density at radius 2 is 1.90 bits per heavy atom. The van der Waals surface area contributed by atoms with E-state index in [1.165, 1.54) is 11.3 Å². The second-order valence-electron chi connectivity index (χ2n) is 7.28. The molecular formula is C22H26N2O4S3. The van der Waals surface area contributed by atoms with Crippen molar-refractivity contribution in [2.24, 2.45) is 4.99 Å². The SMILES string of the molecule is COc1ccc2sc(=NC(=O)Cc3ccc(S(=O)(=O)C(C)C)cc3)n(CCSC)c2c1. The van der Waals surface area contributed by atoms with Crippen molar-refractivity contribution >= 4 is 49.1 Å². The Bertz CT molecular complexity index is 1240. The normalized spacial score (nSPS) is 12.6. The largest absolute Gasteiger partial charge is 0.497 e. The average Bonchev–Trinajstić information content (AvgIpc) is 3.08. The summed E-state index contributed by atoms with van der Waals surface area (Å²) in [6.45, 7) is 4.04. The number of fused-ring (bicyclic) bond motifs is 1. The van der Waals surface area contributed by atoms with E-state index in [2.05, 4.69) is 9.56 Å². The molecule has 0 bridgehead atoms. The fourth-order valence-electron chi connectivity index (χ4n) is 3.05. The molecule has 1 aromatic heterocycles. The number of amides is 1. The number of hydrogen-bond acceptors (Lipinski definition) is 6. The number of thiazole rings is 1. The van der Waals surface area contributed by atoms with Gasteiger partial charge in [0, 0.05) is 18.4 Å². The van der Waals surface area contributed by atoms with Gasteiger partial charge in [-0.05, 0) is 49.9 Å². The van der Waals surface area contributed by atoms with Crippen LogP contribution in [0.25, 0.3) is 10.2 Å². The Labute approximate surface area is 190 Å². The lowest BCUT2D eigenvalue weighted by atomic mass is 10.1. The van der Waals surface area contributed by atoms with E-state index in [0.29, 0.717) is 4.80 Å². The molecule has 0 N–H and O–H groups in total. The lowest BCUT2D eigenvalue weighted by Gasteiger charge is -2.08. The molecule has 3 aromatic rings. The molecular weight excluding hydrogens is 452 g/mol. The Hall–Kier alpha value is -2.10. The van der Waals surface area contributed by atoms with Gasteiger partial charge in [-0.1, -0.05) is 23.5 Å². The summed E-state index contributed by atoms with van der Waals surface area (Å²) in [7, 11) is -1.70. The van der Waals surface area contributed by atoms with E-state index < -0.39 is 15.1 Å². The first-order valence-corrected chi connectivity index (χ1v) is 13.6. The highest BCUT2D eigenvalue weighted by molar-refractivity contribution is 7.98. The monoisotopic (exact) mass is 478 g/mol. The number of ether oxygens (including phenoxy) is 1. The lowest BCUT2D eigenvalue weighted by molar-refractivity contribution is -0.117. The minimum Gasteiger partial charge on any atom is -0.497 e. The van der Waals surface area contributed by atoms with Gasteiger partial charge < -0.3 is 9.30 Å². The van der Waals surface area contributed by atoms with Crippen LogP contribution in [0.4, 0.5) is 0 Å². The van der Waals surface area contributed by atoms with Crippen molar-refractivity contribution in [3.8, 4) is 5.75 Å². The van der Waals surface area contributed by atoms with Crippen molar-refractivity contribution in [2.45, 2.75) is 37.0 Å². The van der Waals surface area contributed by atoms with Gasteiger partial charge in [-0.25, -0.2) is 8.42 Å². The third kappa shape index (κ3) is 5.39. The topological polar surface area (TPSA) is 77.7 Å². The van der Waals surface area contributed by atoms with Gasteiger partial charge in [-0.15, -0.1) is 0 Å². The minimum absolute atomic E-state index is 0.113. The minimum atomic E-state index is -3.33. The number of aryl methyl sites for hydroxylation is 1. The number of thioether (sulfide) groups is 1. The Morgan fingerprint density at radius 1 is 1.19 bits per heavy atom. The van der Waals surface area contributed by atoms with Gasteiger partial charge in [-0.3, -0.25) is 4.79 Å². The number of carbonyl (C=O) groups is 1. The van der Waals surface area contributed by atoms with E-state index >= 15 is 0 Å². The zero-order valence-electron chi connectivity index (χ0n) is 18.0. The third-order valence-corrected chi connectivity index (χ3v) is 8.68. The van der Waals surface area contributed by atoms with Crippen LogP contribution >= 0.6 is 23.1 Å². The molecule has 166 valence electrons. The summed E-state index contributed by atoms with van der Waals surface area (Å²) in [6, 6.07) is 12.3. The summed E-state index contributed by atoms with van der Waals surface area (Å²) in [6.07, 6.45) is 2.16. The van der Waals surface area contributed by atoms with E-state index in [1.54, 1.807) is 57.0 Å². The lowest BCUT2D eigenvalue weighted by Crippen LogP contribution is -2.18. The summed E-state index contributed by atoms with van der Waals surface area (Å²) in [5.41, 5.74) is 1.73. The number of methoxy groups -OCH3 is 1. The van der Waals surface area contributed by atoms with E-state index in [1.807, 2.05) is 24.5 Å². The third-order valence-electron chi connectivity index (χ3n) is 4.86. The fraction of sp³-hybridized carbons (Fsp3) is 0.364. The number of carbonyl (C=O) groups excluding carboxylic acids is 1. The van der Waals surface area contributed by atoms with Crippen molar-refractivity contribution < 1.29 is 17.9 Å². The zero-order valence-corrected chi connectivity index (χ0v) is 20.4. The molecule has 1 amide bonds. The average molecular weight is 479 g/mol. The highest BCUT2D eigenvalue weighted by atomic mass is 32.2. The molecule has 9 heteroatoms. The number of hydrogen-bond donors (Lipinski definition) is 0. The molecule has 0 fully saturated rings. The summed E-state index contributed by atoms with van der Waals surface area (Å²) >= 11 is 3.20. The molecule has 0 aliphatic carbocycles. The molecule has 0 atom stereocenters.